The van der Waals surface area contributed by atoms with Crippen LogP contribution in [0.2, 0.25) is 0 Å². The molecule has 20 nitrogen and oxygen atoms in total. The summed E-state index contributed by atoms with van der Waals surface area (Å²) in [5.74, 6) is 0. The fourth-order valence-corrected chi connectivity index (χ4v) is 10.4. The zero-order valence-electron chi connectivity index (χ0n) is 30.8. The van der Waals surface area contributed by atoms with E-state index in [9.17, 15) is 23.3 Å². The first kappa shape index (κ1) is 42.4. The first-order chi connectivity index (χ1) is 26.2. The number of unbranched alkanes of at least 4 members (excludes halogenated alkanes) is 1. The summed E-state index contributed by atoms with van der Waals surface area (Å²) in [6, 6.07) is 5.48. The molecule has 6 rings (SSSR count). The molecule has 0 saturated carbocycles. The lowest BCUT2D eigenvalue weighted by atomic mass is 10.2. The molecule has 23 heteroatoms. The summed E-state index contributed by atoms with van der Waals surface area (Å²) >= 11 is 0. The normalized spacial score (nSPS) is 34.2. The molecule has 4 aliphatic heterocycles. The second-order valence-corrected chi connectivity index (χ2v) is 18.1. The van der Waals surface area contributed by atoms with Crippen LogP contribution in [-0.2, 0) is 63.9 Å². The number of ether oxygens (including phenoxy) is 2. The van der Waals surface area contributed by atoms with Crippen molar-refractivity contribution in [2.24, 2.45) is 0 Å². The van der Waals surface area contributed by atoms with Gasteiger partial charge >= 0.3 is 23.5 Å². The van der Waals surface area contributed by atoms with Crippen LogP contribution in [0.25, 0.3) is 0 Å². The standard InChI is InChI=1S/C32H49N4O16P3/c1-4-7-14-42-53(39,43-19-25-23(47-54(40)49-31(50-54)8-5-2)17-29(45-25)35-12-10-21(33)15-27(35)37)44-20-26-24(48-55(41)51-32(52-55)9-6-3)18-30(46-26)36-13-11-22(34)16-28(36)38/h10-13,15-16,23-26,29-32H,4-9,14,17-20,33-34H2,1-3H3/t23-,24-,25+,26+,29+,30+,31?,32?,53?,54?,55?/m0/s1. The van der Waals surface area contributed by atoms with Crippen molar-refractivity contribution in [3.63, 3.8) is 0 Å². The van der Waals surface area contributed by atoms with Crippen molar-refractivity contribution in [1.29, 1.82) is 0 Å². The molecule has 308 valence electrons. The number of rotatable bonds is 20. The summed E-state index contributed by atoms with van der Waals surface area (Å²) in [4.78, 5) is 25.5. The van der Waals surface area contributed by atoms with Gasteiger partial charge in [-0.05, 0) is 31.4 Å². The van der Waals surface area contributed by atoms with Gasteiger partial charge in [-0.2, -0.15) is 0 Å². The highest BCUT2D eigenvalue weighted by molar-refractivity contribution is 7.50. The summed E-state index contributed by atoms with van der Waals surface area (Å²) < 4.78 is 106. The van der Waals surface area contributed by atoms with Crippen LogP contribution in [0.4, 0.5) is 11.4 Å². The number of nitrogen functional groups attached to an aromatic ring is 2. The van der Waals surface area contributed by atoms with E-state index in [0.717, 1.165) is 12.8 Å². The van der Waals surface area contributed by atoms with Crippen LogP contribution >= 0.6 is 23.5 Å². The van der Waals surface area contributed by atoms with Crippen molar-refractivity contribution >= 4 is 34.8 Å². The number of hydrogen-bond acceptors (Lipinski definition) is 18. The molecule has 0 amide bonds. The lowest BCUT2D eigenvalue weighted by molar-refractivity contribution is -0.142. The molecular weight excluding hydrogens is 789 g/mol. The van der Waals surface area contributed by atoms with Crippen molar-refractivity contribution in [2.45, 2.75) is 122 Å². The van der Waals surface area contributed by atoms with Gasteiger partial charge in [0.25, 0.3) is 11.1 Å². The average Bonchev–Trinajstić information content (AvgIpc) is 3.68. The maximum absolute atomic E-state index is 14.2. The number of hydrogen-bond donors (Lipinski definition) is 2. The van der Waals surface area contributed by atoms with E-state index in [1.165, 1.54) is 45.8 Å². The largest absolute Gasteiger partial charge is 0.479 e. The Morgan fingerprint density at radius 2 is 1.16 bits per heavy atom. The smallest absolute Gasteiger partial charge is 0.399 e. The summed E-state index contributed by atoms with van der Waals surface area (Å²) in [7, 11) is -12.4. The minimum absolute atomic E-state index is 0.0109. The zero-order valence-corrected chi connectivity index (χ0v) is 33.5. The van der Waals surface area contributed by atoms with Crippen molar-refractivity contribution in [3.8, 4) is 0 Å². The Hall–Kier alpha value is -2.25. The predicted molar refractivity (Wildman–Crippen MR) is 194 cm³/mol. The Morgan fingerprint density at radius 1 is 0.727 bits per heavy atom. The van der Waals surface area contributed by atoms with Crippen LogP contribution in [0.1, 0.15) is 84.6 Å². The third kappa shape index (κ3) is 10.6. The van der Waals surface area contributed by atoms with Gasteiger partial charge in [0.05, 0.1) is 19.8 Å². The highest BCUT2D eigenvalue weighted by Crippen LogP contribution is 2.64. The Balaban J connectivity index is 1.17. The van der Waals surface area contributed by atoms with Crippen LogP contribution in [0, 0.1) is 0 Å². The second kappa shape index (κ2) is 18.1. The third-order valence-electron chi connectivity index (χ3n) is 9.03. The highest BCUT2D eigenvalue weighted by Gasteiger charge is 2.52. The van der Waals surface area contributed by atoms with Gasteiger partial charge in [-0.3, -0.25) is 59.4 Å². The van der Waals surface area contributed by atoms with E-state index in [4.69, 9.17) is 61.7 Å². The summed E-state index contributed by atoms with van der Waals surface area (Å²) in [6.45, 7) is 4.78. The van der Waals surface area contributed by atoms with E-state index in [2.05, 4.69) is 0 Å². The van der Waals surface area contributed by atoms with Gasteiger partial charge in [0.15, 0.2) is 12.6 Å². The number of phosphoric ester groups is 3. The molecule has 2 aromatic rings. The van der Waals surface area contributed by atoms with Crippen LogP contribution in [0.5, 0.6) is 0 Å². The maximum Gasteiger partial charge on any atom is 0.479 e. The molecule has 0 radical (unpaired) electrons. The second-order valence-electron chi connectivity index (χ2n) is 13.4. The molecular formula is C32H49N4O16P3. The van der Waals surface area contributed by atoms with Gasteiger partial charge in [-0.1, -0.05) is 40.0 Å². The number of anilines is 2. The third-order valence-corrected chi connectivity index (χ3v) is 13.5. The van der Waals surface area contributed by atoms with E-state index in [1.807, 2.05) is 20.8 Å². The van der Waals surface area contributed by atoms with Gasteiger partial charge in [0.2, 0.25) is 0 Å². The fourth-order valence-electron chi connectivity index (χ4n) is 6.22. The molecule has 2 aromatic heterocycles. The van der Waals surface area contributed by atoms with Crippen LogP contribution < -0.4 is 22.6 Å². The minimum atomic E-state index is -4.45. The molecule has 0 bridgehead atoms. The monoisotopic (exact) mass is 838 g/mol. The molecule has 4 aliphatic rings. The van der Waals surface area contributed by atoms with Crippen LogP contribution in [0.15, 0.2) is 46.2 Å². The van der Waals surface area contributed by atoms with Gasteiger partial charge in [0.1, 0.15) is 36.9 Å². The number of nitrogens with two attached hydrogens (primary N) is 2. The number of nitrogens with zero attached hydrogens (tertiary/aromatic N) is 2. The summed E-state index contributed by atoms with van der Waals surface area (Å²) in [5, 5.41) is 0. The van der Waals surface area contributed by atoms with Crippen molar-refractivity contribution < 1.29 is 63.9 Å². The van der Waals surface area contributed by atoms with E-state index >= 15 is 0 Å². The molecule has 4 fully saturated rings. The molecule has 0 unspecified atom stereocenters. The Kier molecular flexibility index (Phi) is 14.0. The van der Waals surface area contributed by atoms with Crippen molar-refractivity contribution in [3.05, 3.63) is 57.4 Å². The van der Waals surface area contributed by atoms with Crippen LogP contribution in [-0.4, -0.2) is 66.0 Å². The molecule has 6 atom stereocenters. The van der Waals surface area contributed by atoms with Crippen LogP contribution in [0.3, 0.4) is 0 Å². The Morgan fingerprint density at radius 3 is 1.55 bits per heavy atom. The molecule has 55 heavy (non-hydrogen) atoms. The summed E-state index contributed by atoms with van der Waals surface area (Å²) in [5.41, 5.74) is 11.1. The quantitative estimate of drug-likeness (QED) is 0.119. The fraction of sp³-hybridized carbons (Fsp3) is 0.688. The first-order valence-electron chi connectivity index (χ1n) is 18.3. The molecule has 0 spiro atoms. The summed E-state index contributed by atoms with van der Waals surface area (Å²) in [6.07, 6.45) is -0.794. The zero-order chi connectivity index (χ0) is 39.4. The van der Waals surface area contributed by atoms with Gasteiger partial charge in [-0.15, -0.1) is 0 Å². The van der Waals surface area contributed by atoms with E-state index in [0.29, 0.717) is 25.7 Å². The molecule has 4 N–H and O–H groups in total. The molecule has 6 heterocycles. The minimum Gasteiger partial charge on any atom is -0.399 e. The van der Waals surface area contributed by atoms with Gasteiger partial charge in [0, 0.05) is 48.7 Å². The Labute approximate surface area is 317 Å². The van der Waals surface area contributed by atoms with E-state index in [-0.39, 0.29) is 30.8 Å². The van der Waals surface area contributed by atoms with Gasteiger partial charge < -0.3 is 20.9 Å². The van der Waals surface area contributed by atoms with Crippen molar-refractivity contribution in [2.75, 3.05) is 31.3 Å². The average molecular weight is 839 g/mol. The number of phosphoric acid groups is 3. The van der Waals surface area contributed by atoms with Gasteiger partial charge in [-0.25, -0.2) is 13.7 Å². The van der Waals surface area contributed by atoms with E-state index in [1.54, 1.807) is 0 Å². The molecule has 4 saturated heterocycles. The van der Waals surface area contributed by atoms with E-state index < -0.39 is 97.3 Å². The first-order valence-corrected chi connectivity index (χ1v) is 22.7. The highest BCUT2D eigenvalue weighted by atomic mass is 31.2. The SMILES string of the molecule is CCCCOP(=O)(OC[C@H]1O[C@@H](n2ccc(N)cc2=O)C[C@@H]1OP1(=O)OC(CCC)O1)OC[C@H]1O[C@@H](n2ccc(N)cc2=O)C[C@@H]1OP1(=O)OC(CCC)O1. The molecule has 0 aromatic carbocycles. The maximum atomic E-state index is 14.2. The lowest BCUT2D eigenvalue weighted by Gasteiger charge is -2.36. The van der Waals surface area contributed by atoms with Crippen molar-refractivity contribution in [1.82, 2.24) is 9.13 Å². The number of aromatic nitrogens is 2. The predicted octanol–water partition coefficient (Wildman–Crippen LogP) is 5.74. The Bertz CT molecular complexity index is 1750. The lowest BCUT2D eigenvalue weighted by Crippen LogP contribution is -2.34. The molecule has 0 aliphatic carbocycles. The topological polar surface area (TPSA) is 249 Å². The number of pyridine rings is 2.